The minimum absolute atomic E-state index is 0.0685. The molecule has 0 aliphatic heterocycles. The average Bonchev–Trinajstić information content (AvgIpc) is 2.62. The van der Waals surface area contributed by atoms with Gasteiger partial charge in [0.25, 0.3) is 5.91 Å². The third kappa shape index (κ3) is 5.25. The van der Waals surface area contributed by atoms with Gasteiger partial charge in [0.15, 0.2) is 0 Å². The molecule has 0 aromatic heterocycles. The molecule has 1 N–H and O–H groups in total. The van der Waals surface area contributed by atoms with Crippen molar-refractivity contribution in [3.63, 3.8) is 0 Å². The van der Waals surface area contributed by atoms with Crippen LogP contribution in [0, 0.1) is 13.8 Å². The molecule has 1 atom stereocenters. The van der Waals surface area contributed by atoms with Gasteiger partial charge in [0.1, 0.15) is 18.1 Å². The maximum absolute atomic E-state index is 12.4. The highest BCUT2D eigenvalue weighted by atomic mass is 16.5. The molecule has 2 aromatic rings. The highest BCUT2D eigenvalue weighted by Gasteiger charge is 2.13. The van der Waals surface area contributed by atoms with Crippen molar-refractivity contribution in [2.45, 2.75) is 53.2 Å². The zero-order chi connectivity index (χ0) is 19.1. The lowest BCUT2D eigenvalue weighted by Gasteiger charge is -2.15. The van der Waals surface area contributed by atoms with E-state index in [1.807, 2.05) is 37.3 Å². The second kappa shape index (κ2) is 9.27. The first-order chi connectivity index (χ1) is 12.4. The van der Waals surface area contributed by atoms with Gasteiger partial charge in [0.2, 0.25) is 0 Å². The first kappa shape index (κ1) is 19.8. The Bertz CT molecular complexity index is 755. The summed E-state index contributed by atoms with van der Waals surface area (Å²) in [5.74, 6) is 1.45. The zero-order valence-corrected chi connectivity index (χ0v) is 16.4. The molecule has 4 nitrogen and oxygen atoms in total. The summed E-state index contributed by atoms with van der Waals surface area (Å²) in [6.07, 6.45) is 2.00. The van der Waals surface area contributed by atoms with Crippen molar-refractivity contribution in [2.75, 3.05) is 7.11 Å². The predicted octanol–water partition coefficient (Wildman–Crippen LogP) is 4.81. The lowest BCUT2D eigenvalue weighted by molar-refractivity contribution is 0.0938. The lowest BCUT2D eigenvalue weighted by atomic mass is 10.1. The number of benzene rings is 2. The monoisotopic (exact) mass is 355 g/mol. The Kier molecular flexibility index (Phi) is 7.07. The summed E-state index contributed by atoms with van der Waals surface area (Å²) in [7, 11) is 1.62. The number of methoxy groups -OCH3 is 1. The molecular formula is C22H29NO3. The molecule has 0 saturated carbocycles. The van der Waals surface area contributed by atoms with E-state index in [0.29, 0.717) is 17.9 Å². The Morgan fingerprint density at radius 3 is 2.54 bits per heavy atom. The van der Waals surface area contributed by atoms with Crippen molar-refractivity contribution < 1.29 is 14.3 Å². The molecule has 2 aromatic carbocycles. The van der Waals surface area contributed by atoms with Gasteiger partial charge in [-0.2, -0.15) is 0 Å². The van der Waals surface area contributed by atoms with Crippen molar-refractivity contribution >= 4 is 5.91 Å². The second-order valence-electron chi connectivity index (χ2n) is 6.72. The summed E-state index contributed by atoms with van der Waals surface area (Å²) < 4.78 is 11.3. The van der Waals surface area contributed by atoms with Gasteiger partial charge in [-0.25, -0.2) is 0 Å². The van der Waals surface area contributed by atoms with Gasteiger partial charge in [-0.3, -0.25) is 4.79 Å². The Hall–Kier alpha value is -2.49. The third-order valence-electron chi connectivity index (χ3n) is 4.51. The first-order valence-corrected chi connectivity index (χ1v) is 9.12. The molecule has 0 radical (unpaired) electrons. The Labute approximate surface area is 156 Å². The molecule has 0 heterocycles. The molecule has 0 spiro atoms. The molecule has 0 aliphatic rings. The van der Waals surface area contributed by atoms with Crippen LogP contribution in [0.4, 0.5) is 0 Å². The lowest BCUT2D eigenvalue weighted by Crippen LogP contribution is -2.32. The molecule has 2 rings (SSSR count). The summed E-state index contributed by atoms with van der Waals surface area (Å²) in [4.78, 5) is 12.4. The number of carbonyl (C=O) groups excluding carboxylic acids is 1. The summed E-state index contributed by atoms with van der Waals surface area (Å²) in [5, 5.41) is 3.03. The molecule has 0 saturated heterocycles. The van der Waals surface area contributed by atoms with Gasteiger partial charge in [0.05, 0.1) is 7.11 Å². The molecule has 0 fully saturated rings. The van der Waals surface area contributed by atoms with E-state index in [9.17, 15) is 4.79 Å². The van der Waals surface area contributed by atoms with Crippen molar-refractivity contribution in [1.29, 1.82) is 0 Å². The average molecular weight is 355 g/mol. The molecule has 140 valence electrons. The van der Waals surface area contributed by atoms with Crippen molar-refractivity contribution in [3.8, 4) is 11.5 Å². The number of ether oxygens (including phenoxy) is 2. The van der Waals surface area contributed by atoms with Crippen LogP contribution >= 0.6 is 0 Å². The summed E-state index contributed by atoms with van der Waals surface area (Å²) in [5.41, 5.74) is 3.89. The smallest absolute Gasteiger partial charge is 0.251 e. The van der Waals surface area contributed by atoms with Gasteiger partial charge in [-0.1, -0.05) is 19.4 Å². The van der Waals surface area contributed by atoms with E-state index in [1.54, 1.807) is 13.2 Å². The number of nitrogens with one attached hydrogen (secondary N) is 1. The van der Waals surface area contributed by atoms with Crippen molar-refractivity contribution in [3.05, 3.63) is 58.7 Å². The number of rotatable bonds is 8. The van der Waals surface area contributed by atoms with E-state index < -0.39 is 0 Å². The fourth-order valence-electron chi connectivity index (χ4n) is 2.81. The van der Waals surface area contributed by atoms with E-state index >= 15 is 0 Å². The van der Waals surface area contributed by atoms with Gasteiger partial charge in [-0.15, -0.1) is 0 Å². The predicted molar refractivity (Wildman–Crippen MR) is 105 cm³/mol. The minimum atomic E-state index is -0.0685. The maximum atomic E-state index is 12.4. The van der Waals surface area contributed by atoms with Crippen LogP contribution in [0.25, 0.3) is 0 Å². The van der Waals surface area contributed by atoms with Crippen LogP contribution in [0.1, 0.15) is 53.7 Å². The van der Waals surface area contributed by atoms with Crippen LogP contribution in [-0.2, 0) is 6.61 Å². The number of hydrogen-bond donors (Lipinski definition) is 1. The van der Waals surface area contributed by atoms with Gasteiger partial charge in [-0.05, 0) is 68.7 Å². The summed E-state index contributed by atoms with van der Waals surface area (Å²) >= 11 is 0. The largest absolute Gasteiger partial charge is 0.496 e. The fraction of sp³-hybridized carbons (Fsp3) is 0.409. The number of carbonyl (C=O) groups is 1. The molecule has 0 aliphatic carbocycles. The van der Waals surface area contributed by atoms with Crippen LogP contribution in [0.3, 0.4) is 0 Å². The van der Waals surface area contributed by atoms with Crippen LogP contribution in [-0.4, -0.2) is 19.1 Å². The third-order valence-corrected chi connectivity index (χ3v) is 4.51. The normalized spacial score (nSPS) is 11.7. The summed E-state index contributed by atoms with van der Waals surface area (Å²) in [6, 6.07) is 11.6. The number of aryl methyl sites for hydroxylation is 2. The minimum Gasteiger partial charge on any atom is -0.496 e. The molecule has 0 bridgehead atoms. The maximum Gasteiger partial charge on any atom is 0.251 e. The van der Waals surface area contributed by atoms with Gasteiger partial charge in [0, 0.05) is 17.2 Å². The molecule has 26 heavy (non-hydrogen) atoms. The first-order valence-electron chi connectivity index (χ1n) is 9.12. The van der Waals surface area contributed by atoms with E-state index in [2.05, 4.69) is 26.1 Å². The SMILES string of the molecule is CCC[C@@H](C)NC(=O)c1ccc(OC)c(COc2ccc(C)c(C)c2)c1. The van der Waals surface area contributed by atoms with E-state index in [1.165, 1.54) is 11.1 Å². The van der Waals surface area contributed by atoms with Crippen molar-refractivity contribution in [1.82, 2.24) is 5.32 Å². The van der Waals surface area contributed by atoms with E-state index in [4.69, 9.17) is 9.47 Å². The summed E-state index contributed by atoms with van der Waals surface area (Å²) in [6.45, 7) is 8.61. The Morgan fingerprint density at radius 2 is 1.88 bits per heavy atom. The molecular weight excluding hydrogens is 326 g/mol. The molecule has 0 unspecified atom stereocenters. The molecule has 4 heteroatoms. The van der Waals surface area contributed by atoms with E-state index in [0.717, 1.165) is 24.2 Å². The Balaban J connectivity index is 2.13. The quantitative estimate of drug-likeness (QED) is 0.739. The fourth-order valence-corrected chi connectivity index (χ4v) is 2.81. The van der Waals surface area contributed by atoms with Gasteiger partial charge < -0.3 is 14.8 Å². The van der Waals surface area contributed by atoms with Crippen LogP contribution < -0.4 is 14.8 Å². The van der Waals surface area contributed by atoms with Gasteiger partial charge >= 0.3 is 0 Å². The highest BCUT2D eigenvalue weighted by molar-refractivity contribution is 5.94. The number of amides is 1. The standard InChI is InChI=1S/C22H29NO3/c1-6-7-17(4)23-22(24)18-9-11-21(25-5)19(13-18)14-26-20-10-8-15(2)16(3)12-20/h8-13,17H,6-7,14H2,1-5H3,(H,23,24)/t17-/m1/s1. The second-order valence-corrected chi connectivity index (χ2v) is 6.72. The topological polar surface area (TPSA) is 47.6 Å². The van der Waals surface area contributed by atoms with Crippen molar-refractivity contribution in [2.24, 2.45) is 0 Å². The Morgan fingerprint density at radius 1 is 1.12 bits per heavy atom. The number of hydrogen-bond acceptors (Lipinski definition) is 3. The van der Waals surface area contributed by atoms with Crippen LogP contribution in [0.15, 0.2) is 36.4 Å². The van der Waals surface area contributed by atoms with Crippen LogP contribution in [0.2, 0.25) is 0 Å². The van der Waals surface area contributed by atoms with Crippen LogP contribution in [0.5, 0.6) is 11.5 Å². The highest BCUT2D eigenvalue weighted by Crippen LogP contribution is 2.23. The molecule has 1 amide bonds. The van der Waals surface area contributed by atoms with E-state index in [-0.39, 0.29) is 11.9 Å². The zero-order valence-electron chi connectivity index (χ0n) is 16.4.